The van der Waals surface area contributed by atoms with E-state index in [4.69, 9.17) is 5.26 Å². The van der Waals surface area contributed by atoms with Crippen LogP contribution in [0.1, 0.15) is 12.5 Å². The average Bonchev–Trinajstić information content (AvgIpc) is 3.11. The molecular weight excluding hydrogens is 336 g/mol. The Morgan fingerprint density at radius 2 is 1.92 bits per heavy atom. The molecule has 0 saturated heterocycles. The van der Waals surface area contributed by atoms with Crippen molar-refractivity contribution < 1.29 is 4.79 Å². The highest BCUT2D eigenvalue weighted by atomic mass is 32.2. The van der Waals surface area contributed by atoms with Crippen molar-refractivity contribution in [1.82, 2.24) is 20.2 Å². The normalized spacial score (nSPS) is 11.5. The lowest BCUT2D eigenvalue weighted by molar-refractivity contribution is -0.115. The van der Waals surface area contributed by atoms with Gasteiger partial charge in [0.05, 0.1) is 22.6 Å². The maximum Gasteiger partial charge on any atom is 0.237 e. The van der Waals surface area contributed by atoms with Crippen LogP contribution >= 0.6 is 11.8 Å². The number of benzene rings is 2. The predicted octanol–water partition coefficient (Wildman–Crippen LogP) is 2.65. The topological polar surface area (TPSA) is 96.5 Å². The van der Waals surface area contributed by atoms with Crippen molar-refractivity contribution in [3.8, 4) is 11.8 Å². The number of nitrogens with zero attached hydrogens (tertiary/aromatic N) is 5. The van der Waals surface area contributed by atoms with Crippen LogP contribution in [0.5, 0.6) is 0 Å². The summed E-state index contributed by atoms with van der Waals surface area (Å²) in [5.41, 5.74) is 2.01. The highest BCUT2D eigenvalue weighted by Gasteiger charge is 2.19. The van der Waals surface area contributed by atoms with Crippen LogP contribution in [0.15, 0.2) is 59.8 Å². The number of hydrogen-bond acceptors (Lipinski definition) is 6. The van der Waals surface area contributed by atoms with Crippen LogP contribution in [0, 0.1) is 11.3 Å². The largest absolute Gasteiger partial charge is 0.325 e. The third kappa shape index (κ3) is 4.02. The molecule has 0 saturated carbocycles. The summed E-state index contributed by atoms with van der Waals surface area (Å²) in [6, 6.07) is 18.2. The zero-order valence-electron chi connectivity index (χ0n) is 13.3. The smallest absolute Gasteiger partial charge is 0.237 e. The van der Waals surface area contributed by atoms with Crippen molar-refractivity contribution in [3.63, 3.8) is 0 Å². The molecular formula is C17H14N6OS. The average molecular weight is 350 g/mol. The minimum absolute atomic E-state index is 0.169. The number of para-hydroxylation sites is 1. The van der Waals surface area contributed by atoms with Gasteiger partial charge in [-0.25, -0.2) is 0 Å². The zero-order valence-corrected chi connectivity index (χ0v) is 14.1. The summed E-state index contributed by atoms with van der Waals surface area (Å²) in [5.74, 6) is -0.169. The Balaban J connectivity index is 1.68. The molecule has 0 fully saturated rings. The van der Waals surface area contributed by atoms with E-state index in [1.54, 1.807) is 35.9 Å². The van der Waals surface area contributed by atoms with Gasteiger partial charge < -0.3 is 5.32 Å². The second-order valence-electron chi connectivity index (χ2n) is 5.15. The number of nitriles is 1. The number of carbonyl (C=O) groups is 1. The van der Waals surface area contributed by atoms with E-state index in [1.807, 2.05) is 36.4 Å². The summed E-state index contributed by atoms with van der Waals surface area (Å²) in [6.07, 6.45) is 0. The Hall–Kier alpha value is -3.18. The SMILES string of the molecule is CC(Sc1nnnn1-c1ccccc1)C(=O)Nc1ccc(C#N)cc1. The van der Waals surface area contributed by atoms with Gasteiger partial charge in [0.2, 0.25) is 11.1 Å². The van der Waals surface area contributed by atoms with Gasteiger partial charge in [-0.3, -0.25) is 4.79 Å². The van der Waals surface area contributed by atoms with E-state index < -0.39 is 5.25 Å². The van der Waals surface area contributed by atoms with Crippen molar-refractivity contribution in [2.75, 3.05) is 5.32 Å². The van der Waals surface area contributed by atoms with Crippen LogP contribution in [-0.2, 0) is 4.79 Å². The molecule has 0 aliphatic heterocycles. The highest BCUT2D eigenvalue weighted by Crippen LogP contribution is 2.23. The van der Waals surface area contributed by atoms with E-state index >= 15 is 0 Å². The molecule has 1 amide bonds. The molecule has 0 bridgehead atoms. The predicted molar refractivity (Wildman–Crippen MR) is 94.3 cm³/mol. The lowest BCUT2D eigenvalue weighted by atomic mass is 10.2. The molecule has 25 heavy (non-hydrogen) atoms. The zero-order chi connectivity index (χ0) is 17.6. The van der Waals surface area contributed by atoms with E-state index in [2.05, 4.69) is 20.8 Å². The fourth-order valence-corrected chi connectivity index (χ4v) is 2.87. The summed E-state index contributed by atoms with van der Waals surface area (Å²) in [4.78, 5) is 12.4. The van der Waals surface area contributed by atoms with Gasteiger partial charge in [0.1, 0.15) is 0 Å². The summed E-state index contributed by atoms with van der Waals surface area (Å²) in [7, 11) is 0. The molecule has 1 N–H and O–H groups in total. The van der Waals surface area contributed by atoms with E-state index in [9.17, 15) is 4.79 Å². The Kier molecular flexibility index (Phi) is 5.06. The maximum absolute atomic E-state index is 12.4. The van der Waals surface area contributed by atoms with Crippen LogP contribution in [0.25, 0.3) is 5.69 Å². The number of nitrogens with one attached hydrogen (secondary N) is 1. The van der Waals surface area contributed by atoms with Gasteiger partial charge >= 0.3 is 0 Å². The number of rotatable bonds is 5. The van der Waals surface area contributed by atoms with E-state index in [-0.39, 0.29) is 5.91 Å². The molecule has 8 heteroatoms. The molecule has 1 aromatic heterocycles. The summed E-state index contributed by atoms with van der Waals surface area (Å²) < 4.78 is 1.59. The number of thioether (sulfide) groups is 1. The van der Waals surface area contributed by atoms with Crippen LogP contribution in [-0.4, -0.2) is 31.4 Å². The first-order valence-corrected chi connectivity index (χ1v) is 8.37. The molecule has 2 aromatic carbocycles. The molecule has 1 atom stereocenters. The fraction of sp³-hybridized carbons (Fsp3) is 0.118. The quantitative estimate of drug-likeness (QED) is 0.711. The molecule has 7 nitrogen and oxygen atoms in total. The number of hydrogen-bond donors (Lipinski definition) is 1. The highest BCUT2D eigenvalue weighted by molar-refractivity contribution is 8.00. The van der Waals surface area contributed by atoms with Gasteiger partial charge in [0.15, 0.2) is 0 Å². The number of carbonyl (C=O) groups excluding carboxylic acids is 1. The maximum atomic E-state index is 12.4. The van der Waals surface area contributed by atoms with Gasteiger partial charge in [0, 0.05) is 5.69 Å². The van der Waals surface area contributed by atoms with Crippen molar-refractivity contribution in [3.05, 3.63) is 60.2 Å². The standard InChI is InChI=1S/C17H14N6OS/c1-12(16(24)19-14-9-7-13(11-18)8-10-14)25-17-20-21-22-23(17)15-5-3-2-4-6-15/h2-10,12H,1H3,(H,19,24). The molecule has 3 rings (SSSR count). The Morgan fingerprint density at radius 1 is 1.20 bits per heavy atom. The van der Waals surface area contributed by atoms with Crippen LogP contribution < -0.4 is 5.32 Å². The minimum atomic E-state index is -0.399. The minimum Gasteiger partial charge on any atom is -0.325 e. The fourth-order valence-electron chi connectivity index (χ4n) is 2.07. The Bertz CT molecular complexity index is 901. The van der Waals surface area contributed by atoms with Crippen LogP contribution in [0.2, 0.25) is 0 Å². The van der Waals surface area contributed by atoms with Gasteiger partial charge in [0.25, 0.3) is 0 Å². The second-order valence-corrected chi connectivity index (χ2v) is 6.46. The van der Waals surface area contributed by atoms with E-state index in [0.717, 1.165) is 5.69 Å². The second kappa shape index (κ2) is 7.59. The van der Waals surface area contributed by atoms with Crippen molar-refractivity contribution in [2.45, 2.75) is 17.3 Å². The summed E-state index contributed by atoms with van der Waals surface area (Å²) in [6.45, 7) is 1.79. The van der Waals surface area contributed by atoms with Crippen molar-refractivity contribution in [2.24, 2.45) is 0 Å². The first kappa shape index (κ1) is 16.7. The molecule has 124 valence electrons. The molecule has 1 unspecified atom stereocenters. The third-order valence-electron chi connectivity index (χ3n) is 3.37. The molecule has 0 aliphatic carbocycles. The number of aromatic nitrogens is 4. The molecule has 0 spiro atoms. The number of tetrazole rings is 1. The number of amides is 1. The van der Waals surface area contributed by atoms with Crippen LogP contribution in [0.3, 0.4) is 0 Å². The molecule has 0 aliphatic rings. The van der Waals surface area contributed by atoms with Crippen LogP contribution in [0.4, 0.5) is 5.69 Å². The van der Waals surface area contributed by atoms with E-state index in [1.165, 1.54) is 11.8 Å². The lowest BCUT2D eigenvalue weighted by Crippen LogP contribution is -2.22. The first-order valence-electron chi connectivity index (χ1n) is 7.49. The van der Waals surface area contributed by atoms with Gasteiger partial charge in [-0.15, -0.1) is 5.10 Å². The molecule has 0 radical (unpaired) electrons. The lowest BCUT2D eigenvalue weighted by Gasteiger charge is -2.11. The number of anilines is 1. The van der Waals surface area contributed by atoms with Gasteiger partial charge in [-0.1, -0.05) is 30.0 Å². The molecule has 1 heterocycles. The summed E-state index contributed by atoms with van der Waals surface area (Å²) in [5, 5.41) is 23.4. The third-order valence-corrected chi connectivity index (χ3v) is 4.41. The van der Waals surface area contributed by atoms with Gasteiger partial charge in [-0.05, 0) is 53.7 Å². The van der Waals surface area contributed by atoms with Crippen molar-refractivity contribution >= 4 is 23.4 Å². The summed E-state index contributed by atoms with van der Waals surface area (Å²) >= 11 is 1.27. The van der Waals surface area contributed by atoms with Gasteiger partial charge in [-0.2, -0.15) is 9.94 Å². The Morgan fingerprint density at radius 3 is 2.60 bits per heavy atom. The van der Waals surface area contributed by atoms with E-state index in [0.29, 0.717) is 16.4 Å². The first-order chi connectivity index (χ1) is 12.2. The van der Waals surface area contributed by atoms with Crippen molar-refractivity contribution in [1.29, 1.82) is 5.26 Å². The Labute approximate surface area is 148 Å². The molecule has 3 aromatic rings. The monoisotopic (exact) mass is 350 g/mol.